The number of rotatable bonds is 7. The number of aryl methyl sites for hydroxylation is 1. The quantitative estimate of drug-likeness (QED) is 0.229. The Morgan fingerprint density at radius 1 is 0.851 bits per heavy atom. The van der Waals surface area contributed by atoms with Gasteiger partial charge in [-0.15, -0.1) is 0 Å². The summed E-state index contributed by atoms with van der Waals surface area (Å²) in [5.74, 6) is -0.932. The van der Waals surface area contributed by atoms with E-state index in [0.29, 0.717) is 25.4 Å². The number of carbonyl (C=O) groups excluding carboxylic acids is 4. The maximum absolute atomic E-state index is 13.8. The summed E-state index contributed by atoms with van der Waals surface area (Å²) in [5.41, 5.74) is 1.68. The van der Waals surface area contributed by atoms with Gasteiger partial charge in [-0.25, -0.2) is 9.67 Å². The van der Waals surface area contributed by atoms with Crippen molar-refractivity contribution in [2.75, 3.05) is 13.1 Å². The monoisotopic (exact) mass is 641 g/mol. The highest BCUT2D eigenvalue weighted by Crippen LogP contribution is 2.12. The lowest BCUT2D eigenvalue weighted by atomic mass is 10.0. The highest BCUT2D eigenvalue weighted by Gasteiger charge is 2.30. The minimum Gasteiger partial charge on any atom is -0.359 e. The molecule has 246 valence electrons. The van der Waals surface area contributed by atoms with Crippen molar-refractivity contribution < 1.29 is 23.7 Å². The first kappa shape index (κ1) is 33.0. The molecule has 14 nitrogen and oxygen atoms in total. The van der Waals surface area contributed by atoms with Crippen LogP contribution in [-0.2, 0) is 46.9 Å². The average Bonchev–Trinajstić information content (AvgIpc) is 3.74. The van der Waals surface area contributed by atoms with Gasteiger partial charge in [-0.05, 0) is 25.0 Å². The Bertz CT molecular complexity index is 1660. The molecule has 0 radical (unpaired) electrons. The first-order valence-corrected chi connectivity index (χ1v) is 15.6. The van der Waals surface area contributed by atoms with Crippen LogP contribution in [0, 0.1) is 0 Å². The predicted octanol–water partition coefficient (Wildman–Crippen LogP) is 0.991. The topological polar surface area (TPSA) is 176 Å². The third-order valence-electron chi connectivity index (χ3n) is 7.83. The zero-order valence-electron chi connectivity index (χ0n) is 26.4. The Morgan fingerprint density at radius 3 is 2.15 bits per heavy atom. The molecule has 2 aromatic carbocycles. The van der Waals surface area contributed by atoms with Crippen LogP contribution < -0.4 is 21.3 Å². The summed E-state index contributed by atoms with van der Waals surface area (Å²) < 4.78 is 7.25. The second-order valence-electron chi connectivity index (χ2n) is 11.4. The highest BCUT2D eigenvalue weighted by atomic mass is 16.5. The first-order valence-electron chi connectivity index (χ1n) is 15.6. The van der Waals surface area contributed by atoms with Gasteiger partial charge < -0.3 is 25.8 Å². The van der Waals surface area contributed by atoms with Crippen molar-refractivity contribution in [3.63, 3.8) is 0 Å². The van der Waals surface area contributed by atoms with Crippen LogP contribution in [0.2, 0.25) is 0 Å². The molecular formula is C33H39N9O5. The van der Waals surface area contributed by atoms with Crippen molar-refractivity contribution in [2.45, 2.75) is 64.4 Å². The molecule has 47 heavy (non-hydrogen) atoms. The second kappa shape index (κ2) is 15.8. The van der Waals surface area contributed by atoms with Crippen LogP contribution in [0.1, 0.15) is 47.0 Å². The van der Waals surface area contributed by atoms with Crippen molar-refractivity contribution >= 4 is 23.6 Å². The molecule has 0 saturated heterocycles. The molecule has 4 amide bonds. The minimum atomic E-state index is -1.03. The van der Waals surface area contributed by atoms with Gasteiger partial charge in [-0.3, -0.25) is 24.1 Å². The zero-order valence-corrected chi connectivity index (χ0v) is 26.4. The fraction of sp³-hybridized carbons (Fsp3) is 0.364. The fourth-order valence-electron chi connectivity index (χ4n) is 5.29. The van der Waals surface area contributed by atoms with E-state index in [0.717, 1.165) is 17.0 Å². The van der Waals surface area contributed by atoms with Crippen LogP contribution in [0.15, 0.2) is 77.6 Å². The van der Waals surface area contributed by atoms with E-state index in [1.54, 1.807) is 4.68 Å². The minimum absolute atomic E-state index is 0.00748. The Labute approximate surface area is 272 Å². The Kier molecular flexibility index (Phi) is 11.1. The summed E-state index contributed by atoms with van der Waals surface area (Å²) in [6, 6.07) is 17.2. The summed E-state index contributed by atoms with van der Waals surface area (Å²) in [7, 11) is 0. The fourth-order valence-corrected chi connectivity index (χ4v) is 5.29. The molecule has 2 aromatic heterocycles. The van der Waals surface area contributed by atoms with E-state index in [1.807, 2.05) is 72.5 Å². The summed E-state index contributed by atoms with van der Waals surface area (Å²) in [5, 5.41) is 19.4. The number of nitrogens with zero attached hydrogens (tertiary/aromatic N) is 5. The van der Waals surface area contributed by atoms with E-state index in [4.69, 9.17) is 4.52 Å². The van der Waals surface area contributed by atoms with E-state index in [1.165, 1.54) is 19.3 Å². The molecule has 0 unspecified atom stereocenters. The zero-order chi connectivity index (χ0) is 33.2. The van der Waals surface area contributed by atoms with Crippen LogP contribution in [-0.4, -0.2) is 79.7 Å². The number of fused-ring (bicyclic) bond motifs is 2. The van der Waals surface area contributed by atoms with Crippen LogP contribution in [0.5, 0.6) is 0 Å². The lowest BCUT2D eigenvalue weighted by molar-refractivity contribution is -0.132. The van der Waals surface area contributed by atoms with Gasteiger partial charge in [0.05, 0.1) is 13.1 Å². The standard InChI is InChI=1S/C33H39N9O5/c1-3-42-29(35-21-36-42)20-41-15-14-34-31(44)26(16-23-10-6-4-7-11-23)39-32(45)27(17-24-12-8-5-9-13-24)38-30(43)22(2)37-33(46)28-18-25(19-41)47-40-28/h4-13,18,21-22,26-27H,3,14-17,19-20H2,1-2H3,(H,34,44)(H,37,46)(H,38,43)(H,39,45)/t22-,26+,27-/m0/s1. The summed E-state index contributed by atoms with van der Waals surface area (Å²) >= 11 is 0. The molecule has 0 aliphatic carbocycles. The van der Waals surface area contributed by atoms with Gasteiger partial charge in [0.2, 0.25) is 17.7 Å². The summed E-state index contributed by atoms with van der Waals surface area (Å²) in [6.07, 6.45) is 1.89. The largest absolute Gasteiger partial charge is 0.359 e. The highest BCUT2D eigenvalue weighted by molar-refractivity contribution is 5.97. The number of benzene rings is 2. The number of aromatic nitrogens is 4. The number of hydrogen-bond donors (Lipinski definition) is 4. The van der Waals surface area contributed by atoms with Gasteiger partial charge in [0.25, 0.3) is 5.91 Å². The Balaban J connectivity index is 1.43. The molecule has 3 heterocycles. The second-order valence-corrected chi connectivity index (χ2v) is 11.4. The maximum Gasteiger partial charge on any atom is 0.274 e. The van der Waals surface area contributed by atoms with Crippen LogP contribution in [0.4, 0.5) is 0 Å². The van der Waals surface area contributed by atoms with Gasteiger partial charge in [0.15, 0.2) is 11.5 Å². The van der Waals surface area contributed by atoms with Gasteiger partial charge in [0, 0.05) is 38.5 Å². The molecule has 3 atom stereocenters. The molecule has 4 aromatic rings. The van der Waals surface area contributed by atoms with Crippen LogP contribution >= 0.6 is 0 Å². The SMILES string of the molecule is CCn1ncnc1CN1CCNC(=O)[C@@H](Cc2ccccc2)NC(=O)[C@H](Cc2ccccc2)NC(=O)[C@H](C)NC(=O)c2cc(on2)C1. The third kappa shape index (κ3) is 9.10. The van der Waals surface area contributed by atoms with Crippen molar-refractivity contribution in [3.05, 3.63) is 101 Å². The summed E-state index contributed by atoms with van der Waals surface area (Å²) in [4.78, 5) is 60.2. The third-order valence-corrected chi connectivity index (χ3v) is 7.83. The smallest absolute Gasteiger partial charge is 0.274 e. The molecule has 2 bridgehead atoms. The predicted molar refractivity (Wildman–Crippen MR) is 170 cm³/mol. The molecule has 0 saturated carbocycles. The molecule has 4 N–H and O–H groups in total. The number of amides is 4. The van der Waals surface area contributed by atoms with E-state index in [-0.39, 0.29) is 37.5 Å². The maximum atomic E-state index is 13.8. The molecule has 0 spiro atoms. The van der Waals surface area contributed by atoms with Crippen molar-refractivity contribution in [1.82, 2.24) is 46.1 Å². The molecule has 1 aliphatic heterocycles. The van der Waals surface area contributed by atoms with Crippen molar-refractivity contribution in [2.24, 2.45) is 0 Å². The Hall–Kier alpha value is -5.37. The summed E-state index contributed by atoms with van der Waals surface area (Å²) in [6.45, 7) is 5.38. The number of carbonyl (C=O) groups is 4. The van der Waals surface area contributed by atoms with Crippen molar-refractivity contribution in [3.8, 4) is 0 Å². The van der Waals surface area contributed by atoms with E-state index in [2.05, 4.69) is 36.5 Å². The Morgan fingerprint density at radius 2 is 1.49 bits per heavy atom. The van der Waals surface area contributed by atoms with Crippen molar-refractivity contribution in [1.29, 1.82) is 0 Å². The van der Waals surface area contributed by atoms with Gasteiger partial charge in [-0.2, -0.15) is 5.10 Å². The number of nitrogens with one attached hydrogen (secondary N) is 4. The molecular weight excluding hydrogens is 602 g/mol. The molecule has 1 aliphatic rings. The van der Waals surface area contributed by atoms with E-state index < -0.39 is 35.8 Å². The first-order chi connectivity index (χ1) is 22.8. The van der Waals surface area contributed by atoms with Gasteiger partial charge in [0.1, 0.15) is 30.3 Å². The lowest BCUT2D eigenvalue weighted by Crippen LogP contribution is -2.57. The van der Waals surface area contributed by atoms with E-state index >= 15 is 0 Å². The molecule has 5 rings (SSSR count). The van der Waals surface area contributed by atoms with Gasteiger partial charge in [-0.1, -0.05) is 65.8 Å². The average molecular weight is 642 g/mol. The molecule has 14 heteroatoms. The molecule has 0 fully saturated rings. The van der Waals surface area contributed by atoms with Crippen LogP contribution in [0.25, 0.3) is 0 Å². The lowest BCUT2D eigenvalue weighted by Gasteiger charge is -2.25. The van der Waals surface area contributed by atoms with Crippen LogP contribution in [0.3, 0.4) is 0 Å². The van der Waals surface area contributed by atoms with Gasteiger partial charge >= 0.3 is 0 Å². The normalized spacial score (nSPS) is 20.3. The number of hydrogen-bond acceptors (Lipinski definition) is 9. The van der Waals surface area contributed by atoms with E-state index in [9.17, 15) is 19.2 Å².